The van der Waals surface area contributed by atoms with Gasteiger partial charge in [-0.15, -0.1) is 16.6 Å². The summed E-state index contributed by atoms with van der Waals surface area (Å²) in [6.07, 6.45) is 8.68. The second kappa shape index (κ2) is 7.71. The molecule has 0 spiro atoms. The first kappa shape index (κ1) is 16.8. The van der Waals surface area contributed by atoms with E-state index >= 15 is 0 Å². The number of amides is 2. The second-order valence-electron chi connectivity index (χ2n) is 5.98. The number of terminal acetylenes is 1. The summed E-state index contributed by atoms with van der Waals surface area (Å²) in [5, 5.41) is 11.0. The molecule has 0 aliphatic carbocycles. The summed E-state index contributed by atoms with van der Waals surface area (Å²) in [6.45, 7) is 1.52. The summed E-state index contributed by atoms with van der Waals surface area (Å²) in [7, 11) is 1.95. The van der Waals surface area contributed by atoms with Gasteiger partial charge in [0, 0.05) is 26.1 Å². The predicted octanol–water partition coefficient (Wildman–Crippen LogP) is 2.24. The van der Waals surface area contributed by atoms with Crippen LogP contribution in [0.4, 0.5) is 10.5 Å². The Morgan fingerprint density at radius 3 is 2.84 bits per heavy atom. The number of nitrogens with zero attached hydrogens (tertiary/aromatic N) is 4. The fourth-order valence-corrected chi connectivity index (χ4v) is 3.01. The van der Waals surface area contributed by atoms with Gasteiger partial charge in [0.05, 0.1) is 5.69 Å². The first-order valence-electron chi connectivity index (χ1n) is 8.24. The summed E-state index contributed by atoms with van der Waals surface area (Å²) in [5.74, 6) is 4.31. The molecule has 1 saturated heterocycles. The smallest absolute Gasteiger partial charge is 0.321 e. The molecule has 0 saturated carbocycles. The highest BCUT2D eigenvalue weighted by atomic mass is 16.5. The fourth-order valence-electron chi connectivity index (χ4n) is 3.01. The molecule has 25 heavy (non-hydrogen) atoms. The number of likely N-dealkylation sites (tertiary alicyclic amines) is 1. The quantitative estimate of drug-likeness (QED) is 0.867. The number of piperidine rings is 1. The molecule has 2 amide bonds. The number of rotatable bonds is 4. The number of ether oxygens (including phenoxy) is 1. The first-order chi connectivity index (χ1) is 12.2. The number of carbonyl (C=O) groups is 1. The summed E-state index contributed by atoms with van der Waals surface area (Å²) in [4.78, 5) is 14.3. The standard InChI is InChI=1S/C18H21N5O2/c1-3-12-25-16-7-5-4-6-15(16)20-18(24)23-10-8-14(9-11-23)17-21-19-13-22(17)2/h1,4-7,13-14H,8-12H2,2H3,(H,20,24). The highest BCUT2D eigenvalue weighted by molar-refractivity contribution is 5.91. The molecule has 2 heterocycles. The van der Waals surface area contributed by atoms with E-state index in [1.54, 1.807) is 18.5 Å². The maximum Gasteiger partial charge on any atom is 0.321 e. The van der Waals surface area contributed by atoms with E-state index in [-0.39, 0.29) is 12.6 Å². The van der Waals surface area contributed by atoms with Gasteiger partial charge in [0.2, 0.25) is 0 Å². The van der Waals surface area contributed by atoms with Crippen molar-refractivity contribution in [3.8, 4) is 18.1 Å². The van der Waals surface area contributed by atoms with Gasteiger partial charge in [-0.05, 0) is 25.0 Å². The SMILES string of the molecule is C#CCOc1ccccc1NC(=O)N1CCC(c2nncn2C)CC1. The van der Waals surface area contributed by atoms with Gasteiger partial charge in [-0.3, -0.25) is 0 Å². The summed E-state index contributed by atoms with van der Waals surface area (Å²) < 4.78 is 7.41. The van der Waals surface area contributed by atoms with E-state index in [4.69, 9.17) is 11.2 Å². The molecular weight excluding hydrogens is 318 g/mol. The number of aromatic nitrogens is 3. The van der Waals surface area contributed by atoms with Gasteiger partial charge in [-0.2, -0.15) is 0 Å². The summed E-state index contributed by atoms with van der Waals surface area (Å²) in [6, 6.07) is 7.14. The number of urea groups is 1. The Kier molecular flexibility index (Phi) is 5.19. The molecule has 1 aliphatic heterocycles. The Hall–Kier alpha value is -3.01. The second-order valence-corrected chi connectivity index (χ2v) is 5.98. The third kappa shape index (κ3) is 3.91. The van der Waals surface area contributed by atoms with Crippen molar-refractivity contribution in [1.29, 1.82) is 0 Å². The van der Waals surface area contributed by atoms with E-state index in [1.807, 2.05) is 28.6 Å². The van der Waals surface area contributed by atoms with E-state index < -0.39 is 0 Å². The molecular formula is C18H21N5O2. The molecule has 7 heteroatoms. The van der Waals surface area contributed by atoms with Crippen molar-refractivity contribution in [1.82, 2.24) is 19.7 Å². The lowest BCUT2D eigenvalue weighted by Crippen LogP contribution is -2.41. The highest BCUT2D eigenvalue weighted by Crippen LogP contribution is 2.28. The van der Waals surface area contributed by atoms with Crippen LogP contribution in [-0.2, 0) is 7.05 Å². The Labute approximate surface area is 147 Å². The van der Waals surface area contributed by atoms with E-state index in [9.17, 15) is 4.79 Å². The molecule has 0 bridgehead atoms. The first-order valence-corrected chi connectivity index (χ1v) is 8.24. The van der Waals surface area contributed by atoms with Crippen LogP contribution in [0, 0.1) is 12.3 Å². The number of carbonyl (C=O) groups excluding carboxylic acids is 1. The Balaban J connectivity index is 1.59. The zero-order chi connectivity index (χ0) is 17.6. The largest absolute Gasteiger partial charge is 0.479 e. The third-order valence-corrected chi connectivity index (χ3v) is 4.33. The molecule has 1 N–H and O–H groups in total. The Bertz CT molecular complexity index is 772. The van der Waals surface area contributed by atoms with E-state index in [1.165, 1.54) is 0 Å². The van der Waals surface area contributed by atoms with Crippen LogP contribution in [0.5, 0.6) is 5.75 Å². The zero-order valence-corrected chi connectivity index (χ0v) is 14.2. The predicted molar refractivity (Wildman–Crippen MR) is 94.3 cm³/mol. The van der Waals surface area contributed by atoms with Gasteiger partial charge in [0.1, 0.15) is 24.5 Å². The van der Waals surface area contributed by atoms with Crippen molar-refractivity contribution >= 4 is 11.7 Å². The minimum Gasteiger partial charge on any atom is -0.479 e. The van der Waals surface area contributed by atoms with E-state index in [2.05, 4.69) is 21.4 Å². The maximum atomic E-state index is 12.5. The van der Waals surface area contributed by atoms with Gasteiger partial charge >= 0.3 is 6.03 Å². The highest BCUT2D eigenvalue weighted by Gasteiger charge is 2.26. The molecule has 0 atom stereocenters. The number of benzene rings is 1. The lowest BCUT2D eigenvalue weighted by Gasteiger charge is -2.31. The molecule has 1 fully saturated rings. The maximum absolute atomic E-state index is 12.5. The zero-order valence-electron chi connectivity index (χ0n) is 14.2. The molecule has 7 nitrogen and oxygen atoms in total. The van der Waals surface area contributed by atoms with Crippen LogP contribution in [0.15, 0.2) is 30.6 Å². The third-order valence-electron chi connectivity index (χ3n) is 4.33. The van der Waals surface area contributed by atoms with Crippen molar-refractivity contribution in [2.24, 2.45) is 7.05 Å². The number of aryl methyl sites for hydroxylation is 1. The van der Waals surface area contributed by atoms with Crippen molar-refractivity contribution in [2.75, 3.05) is 25.0 Å². The molecule has 1 aliphatic rings. The molecule has 1 aromatic heterocycles. The normalized spacial score (nSPS) is 14.8. The van der Waals surface area contributed by atoms with Crippen molar-refractivity contribution < 1.29 is 9.53 Å². The van der Waals surface area contributed by atoms with Crippen LogP contribution in [0.3, 0.4) is 0 Å². The number of para-hydroxylation sites is 2. The molecule has 0 unspecified atom stereocenters. The van der Waals surface area contributed by atoms with Gasteiger partial charge in [0.25, 0.3) is 0 Å². The van der Waals surface area contributed by atoms with Gasteiger partial charge in [-0.1, -0.05) is 18.1 Å². The Morgan fingerprint density at radius 1 is 1.40 bits per heavy atom. The monoisotopic (exact) mass is 339 g/mol. The van der Waals surface area contributed by atoms with Crippen LogP contribution in [-0.4, -0.2) is 45.4 Å². The number of nitrogens with one attached hydrogen (secondary N) is 1. The Morgan fingerprint density at radius 2 is 2.16 bits per heavy atom. The average molecular weight is 339 g/mol. The summed E-state index contributed by atoms with van der Waals surface area (Å²) in [5.41, 5.74) is 0.623. The minimum atomic E-state index is -0.131. The molecule has 2 aromatic rings. The lowest BCUT2D eigenvalue weighted by atomic mass is 9.96. The van der Waals surface area contributed by atoms with E-state index in [0.717, 1.165) is 18.7 Å². The minimum absolute atomic E-state index is 0.131. The van der Waals surface area contributed by atoms with Crippen molar-refractivity contribution in [3.63, 3.8) is 0 Å². The van der Waals surface area contributed by atoms with Crippen LogP contribution in [0.1, 0.15) is 24.6 Å². The fraction of sp³-hybridized carbons (Fsp3) is 0.389. The van der Waals surface area contributed by atoms with Crippen LogP contribution < -0.4 is 10.1 Å². The topological polar surface area (TPSA) is 72.3 Å². The van der Waals surface area contributed by atoms with Crippen LogP contribution >= 0.6 is 0 Å². The van der Waals surface area contributed by atoms with Crippen molar-refractivity contribution in [2.45, 2.75) is 18.8 Å². The van der Waals surface area contributed by atoms with Gasteiger partial charge in [-0.25, -0.2) is 4.79 Å². The van der Waals surface area contributed by atoms with Crippen LogP contribution in [0.25, 0.3) is 0 Å². The number of hydrogen-bond acceptors (Lipinski definition) is 4. The number of anilines is 1. The molecule has 3 rings (SSSR count). The van der Waals surface area contributed by atoms with E-state index in [0.29, 0.717) is 30.4 Å². The average Bonchev–Trinajstić information content (AvgIpc) is 3.07. The van der Waals surface area contributed by atoms with Crippen molar-refractivity contribution in [3.05, 3.63) is 36.4 Å². The van der Waals surface area contributed by atoms with Crippen LogP contribution in [0.2, 0.25) is 0 Å². The van der Waals surface area contributed by atoms with Gasteiger partial charge in [0.15, 0.2) is 0 Å². The lowest BCUT2D eigenvalue weighted by molar-refractivity contribution is 0.193. The summed E-state index contributed by atoms with van der Waals surface area (Å²) >= 11 is 0. The van der Waals surface area contributed by atoms with Gasteiger partial charge < -0.3 is 19.5 Å². The molecule has 1 aromatic carbocycles. The molecule has 130 valence electrons. The number of hydrogen-bond donors (Lipinski definition) is 1. The molecule has 0 radical (unpaired) electrons.